The second-order valence-electron chi connectivity index (χ2n) is 4.08. The molecule has 0 spiro atoms. The van der Waals surface area contributed by atoms with Crippen molar-refractivity contribution in [1.29, 1.82) is 0 Å². The van der Waals surface area contributed by atoms with Crippen molar-refractivity contribution in [2.24, 2.45) is 0 Å². The molecule has 7 nitrogen and oxygen atoms in total. The third-order valence-corrected chi connectivity index (χ3v) is 3.71. The molecule has 1 heterocycles. The zero-order chi connectivity index (χ0) is 15.4. The summed E-state index contributed by atoms with van der Waals surface area (Å²) in [5.74, 6) is -1.46. The Morgan fingerprint density at radius 1 is 1.14 bits per heavy atom. The Labute approximate surface area is 123 Å². The fourth-order valence-corrected chi connectivity index (χ4v) is 2.34. The SMILES string of the molecule is O=C(O)c1ccc(C(=O)NCc2ccc([N+](=O)[O-])cc2)s1. The van der Waals surface area contributed by atoms with Crippen LogP contribution in [0.15, 0.2) is 36.4 Å². The number of non-ortho nitro benzene ring substituents is 1. The first kappa shape index (κ1) is 14.7. The number of nitrogens with zero attached hydrogens (tertiary/aromatic N) is 1. The van der Waals surface area contributed by atoms with E-state index in [0.29, 0.717) is 10.4 Å². The molecule has 1 amide bonds. The minimum atomic E-state index is -1.07. The van der Waals surface area contributed by atoms with Crippen LogP contribution in [-0.2, 0) is 6.54 Å². The van der Waals surface area contributed by atoms with Crippen molar-refractivity contribution in [3.8, 4) is 0 Å². The first-order chi connectivity index (χ1) is 9.97. The summed E-state index contributed by atoms with van der Waals surface area (Å²) in [7, 11) is 0. The van der Waals surface area contributed by atoms with Gasteiger partial charge in [-0.2, -0.15) is 0 Å². The lowest BCUT2D eigenvalue weighted by Crippen LogP contribution is -2.21. The van der Waals surface area contributed by atoms with E-state index < -0.39 is 10.9 Å². The molecule has 2 N–H and O–H groups in total. The maximum atomic E-state index is 11.8. The van der Waals surface area contributed by atoms with Crippen molar-refractivity contribution in [3.05, 3.63) is 61.8 Å². The summed E-state index contributed by atoms with van der Waals surface area (Å²) in [6.07, 6.45) is 0. The van der Waals surface area contributed by atoms with Crippen molar-refractivity contribution in [1.82, 2.24) is 5.32 Å². The molecule has 0 saturated carbocycles. The van der Waals surface area contributed by atoms with Gasteiger partial charge in [0.15, 0.2) is 0 Å². The van der Waals surface area contributed by atoms with E-state index in [-0.39, 0.29) is 23.0 Å². The Bertz CT molecular complexity index is 693. The maximum absolute atomic E-state index is 11.8. The van der Waals surface area contributed by atoms with E-state index in [1.165, 1.54) is 24.3 Å². The third kappa shape index (κ3) is 3.63. The Morgan fingerprint density at radius 3 is 2.29 bits per heavy atom. The minimum Gasteiger partial charge on any atom is -0.477 e. The monoisotopic (exact) mass is 306 g/mol. The van der Waals surface area contributed by atoms with Gasteiger partial charge in [0.25, 0.3) is 11.6 Å². The summed E-state index contributed by atoms with van der Waals surface area (Å²) in [6, 6.07) is 8.63. The van der Waals surface area contributed by atoms with Crippen LogP contribution in [0.3, 0.4) is 0 Å². The smallest absolute Gasteiger partial charge is 0.345 e. The number of rotatable bonds is 5. The average Bonchev–Trinajstić information content (AvgIpc) is 2.95. The summed E-state index contributed by atoms with van der Waals surface area (Å²) >= 11 is 0.890. The molecule has 0 aliphatic rings. The Balaban J connectivity index is 1.97. The number of nitrogens with one attached hydrogen (secondary N) is 1. The van der Waals surface area contributed by atoms with Gasteiger partial charge in [-0.05, 0) is 17.7 Å². The molecule has 0 radical (unpaired) electrons. The summed E-state index contributed by atoms with van der Waals surface area (Å²) in [5.41, 5.74) is 0.693. The van der Waals surface area contributed by atoms with Gasteiger partial charge >= 0.3 is 5.97 Å². The van der Waals surface area contributed by atoms with E-state index in [0.717, 1.165) is 11.3 Å². The van der Waals surface area contributed by atoms with Crippen molar-refractivity contribution >= 4 is 28.9 Å². The summed E-state index contributed by atoms with van der Waals surface area (Å²) < 4.78 is 0. The Kier molecular flexibility index (Phi) is 4.29. The quantitative estimate of drug-likeness (QED) is 0.650. The Hall–Kier alpha value is -2.74. The summed E-state index contributed by atoms with van der Waals surface area (Å²) in [4.78, 5) is 33.0. The number of benzene rings is 1. The largest absolute Gasteiger partial charge is 0.477 e. The lowest BCUT2D eigenvalue weighted by Gasteiger charge is -2.03. The lowest BCUT2D eigenvalue weighted by molar-refractivity contribution is -0.384. The van der Waals surface area contributed by atoms with Crippen LogP contribution in [-0.4, -0.2) is 21.9 Å². The van der Waals surface area contributed by atoms with Crippen LogP contribution in [0.2, 0.25) is 0 Å². The van der Waals surface area contributed by atoms with E-state index in [9.17, 15) is 19.7 Å². The fraction of sp³-hybridized carbons (Fsp3) is 0.0769. The second-order valence-corrected chi connectivity index (χ2v) is 5.16. The van der Waals surface area contributed by atoms with Gasteiger partial charge in [-0.15, -0.1) is 11.3 Å². The molecule has 0 saturated heterocycles. The number of carboxylic acid groups (broad SMARTS) is 1. The number of amides is 1. The molecule has 1 aromatic carbocycles. The van der Waals surface area contributed by atoms with E-state index in [4.69, 9.17) is 5.11 Å². The maximum Gasteiger partial charge on any atom is 0.345 e. The standard InChI is InChI=1S/C13H10N2O5S/c16-12(10-5-6-11(21-10)13(17)18)14-7-8-1-3-9(4-2-8)15(19)20/h1-6H,7H2,(H,14,16)(H,17,18). The molecule has 2 aromatic rings. The molecular weight excluding hydrogens is 296 g/mol. The van der Waals surface area contributed by atoms with Gasteiger partial charge in [-0.1, -0.05) is 12.1 Å². The van der Waals surface area contributed by atoms with Gasteiger partial charge in [0.2, 0.25) is 0 Å². The van der Waals surface area contributed by atoms with Crippen molar-refractivity contribution in [2.45, 2.75) is 6.54 Å². The van der Waals surface area contributed by atoms with Crippen molar-refractivity contribution in [2.75, 3.05) is 0 Å². The molecule has 2 rings (SSSR count). The number of thiophene rings is 1. The number of nitro benzene ring substituents is 1. The number of aromatic carboxylic acids is 1. The topological polar surface area (TPSA) is 110 Å². The molecule has 1 aromatic heterocycles. The fourth-order valence-electron chi connectivity index (χ4n) is 1.58. The van der Waals surface area contributed by atoms with Crippen LogP contribution in [0.1, 0.15) is 24.9 Å². The van der Waals surface area contributed by atoms with Gasteiger partial charge in [0.05, 0.1) is 9.80 Å². The van der Waals surface area contributed by atoms with Gasteiger partial charge in [-0.3, -0.25) is 14.9 Å². The van der Waals surface area contributed by atoms with E-state index in [1.54, 1.807) is 12.1 Å². The van der Waals surface area contributed by atoms with E-state index >= 15 is 0 Å². The molecule has 0 aliphatic heterocycles. The lowest BCUT2D eigenvalue weighted by atomic mass is 10.2. The van der Waals surface area contributed by atoms with Crippen LogP contribution in [0.4, 0.5) is 5.69 Å². The van der Waals surface area contributed by atoms with Crippen LogP contribution < -0.4 is 5.32 Å². The van der Waals surface area contributed by atoms with Crippen LogP contribution in [0.25, 0.3) is 0 Å². The van der Waals surface area contributed by atoms with Gasteiger partial charge < -0.3 is 10.4 Å². The van der Waals surface area contributed by atoms with E-state index in [1.807, 2.05) is 0 Å². The predicted octanol–water partition coefficient (Wildman–Crippen LogP) is 2.28. The van der Waals surface area contributed by atoms with Crippen LogP contribution >= 0.6 is 11.3 Å². The number of carbonyl (C=O) groups is 2. The average molecular weight is 306 g/mol. The Morgan fingerprint density at radius 2 is 1.76 bits per heavy atom. The third-order valence-electron chi connectivity index (χ3n) is 2.64. The van der Waals surface area contributed by atoms with Crippen LogP contribution in [0, 0.1) is 10.1 Å². The second kappa shape index (κ2) is 6.14. The van der Waals surface area contributed by atoms with Crippen LogP contribution in [0.5, 0.6) is 0 Å². The van der Waals surface area contributed by atoms with Gasteiger partial charge in [-0.25, -0.2) is 4.79 Å². The predicted molar refractivity (Wildman–Crippen MR) is 75.5 cm³/mol. The van der Waals surface area contributed by atoms with E-state index in [2.05, 4.69) is 5.32 Å². The minimum absolute atomic E-state index is 0.0190. The van der Waals surface area contributed by atoms with Gasteiger partial charge in [0, 0.05) is 18.7 Å². The van der Waals surface area contributed by atoms with Crippen molar-refractivity contribution in [3.63, 3.8) is 0 Å². The number of nitro groups is 1. The molecule has 8 heteroatoms. The number of hydrogen-bond acceptors (Lipinski definition) is 5. The number of carbonyl (C=O) groups excluding carboxylic acids is 1. The zero-order valence-corrected chi connectivity index (χ0v) is 11.4. The molecule has 21 heavy (non-hydrogen) atoms. The molecule has 0 unspecified atom stereocenters. The molecular formula is C13H10N2O5S. The molecule has 0 bridgehead atoms. The highest BCUT2D eigenvalue weighted by molar-refractivity contribution is 7.15. The molecule has 0 atom stereocenters. The highest BCUT2D eigenvalue weighted by Gasteiger charge is 2.12. The number of hydrogen-bond donors (Lipinski definition) is 2. The first-order valence-electron chi connectivity index (χ1n) is 5.82. The summed E-state index contributed by atoms with van der Waals surface area (Å²) in [6.45, 7) is 0.205. The molecule has 0 fully saturated rings. The first-order valence-corrected chi connectivity index (χ1v) is 6.63. The highest BCUT2D eigenvalue weighted by Crippen LogP contribution is 2.16. The zero-order valence-electron chi connectivity index (χ0n) is 10.6. The number of carboxylic acids is 1. The summed E-state index contributed by atoms with van der Waals surface area (Å²) in [5, 5.41) is 21.9. The molecule has 108 valence electrons. The highest BCUT2D eigenvalue weighted by atomic mass is 32.1. The molecule has 0 aliphatic carbocycles. The van der Waals surface area contributed by atoms with Crippen molar-refractivity contribution < 1.29 is 19.6 Å². The normalized spacial score (nSPS) is 10.1. The van der Waals surface area contributed by atoms with Gasteiger partial charge in [0.1, 0.15) is 4.88 Å².